The van der Waals surface area contributed by atoms with Crippen molar-refractivity contribution in [2.45, 2.75) is 0 Å². The van der Waals surface area contributed by atoms with Crippen LogP contribution >= 0.6 is 38.5 Å². The van der Waals surface area contributed by atoms with Gasteiger partial charge >= 0.3 is 0 Å². The summed E-state index contributed by atoms with van der Waals surface area (Å²) in [6.45, 7) is 0.831. The number of pyridine rings is 1. The predicted octanol–water partition coefficient (Wildman–Crippen LogP) is 4.44. The van der Waals surface area contributed by atoms with Gasteiger partial charge in [-0.3, -0.25) is 4.79 Å². The molecule has 0 unspecified atom stereocenters. The fourth-order valence-corrected chi connectivity index (χ4v) is 4.10. The molecule has 0 atom stereocenters. The number of aromatic amines is 1. The van der Waals surface area contributed by atoms with E-state index in [2.05, 4.69) is 54.9 Å². The molecule has 2 heterocycles. The molecule has 2 aromatic carbocycles. The van der Waals surface area contributed by atoms with E-state index in [0.717, 1.165) is 41.1 Å². The standard InChI is InChI=1S/C20H16BrIN4O/c21-11-4-5-17-13(8-11)15(10-25-17)18-9-14(20(27)24-7-6-23)12-2-1-3-16(22)19(12)26-18/h1-5,8-10,25H,6-7,23H2,(H,24,27). The summed E-state index contributed by atoms with van der Waals surface area (Å²) in [5.41, 5.74) is 9.70. The van der Waals surface area contributed by atoms with Gasteiger partial charge in [0.25, 0.3) is 5.91 Å². The Morgan fingerprint density at radius 2 is 2.07 bits per heavy atom. The van der Waals surface area contributed by atoms with Crippen LogP contribution in [-0.4, -0.2) is 29.0 Å². The molecule has 0 saturated carbocycles. The van der Waals surface area contributed by atoms with E-state index < -0.39 is 0 Å². The Bertz CT molecular complexity index is 1170. The van der Waals surface area contributed by atoms with Crippen molar-refractivity contribution in [3.63, 3.8) is 0 Å². The SMILES string of the molecule is NCCNC(=O)c1cc(-c2c[nH]c3ccc(Br)cc23)nc2c(I)cccc12. The van der Waals surface area contributed by atoms with Gasteiger partial charge in [-0.25, -0.2) is 4.98 Å². The molecule has 136 valence electrons. The van der Waals surface area contributed by atoms with E-state index in [1.165, 1.54) is 0 Å². The molecule has 0 saturated heterocycles. The van der Waals surface area contributed by atoms with Crippen molar-refractivity contribution in [1.29, 1.82) is 0 Å². The maximum absolute atomic E-state index is 12.8. The van der Waals surface area contributed by atoms with Gasteiger partial charge in [0, 0.05) is 49.2 Å². The van der Waals surface area contributed by atoms with Crippen LogP contribution in [0.3, 0.4) is 0 Å². The minimum Gasteiger partial charge on any atom is -0.360 e. The fraction of sp³-hybridized carbons (Fsp3) is 0.100. The zero-order valence-corrected chi connectivity index (χ0v) is 18.0. The molecular weight excluding hydrogens is 519 g/mol. The van der Waals surface area contributed by atoms with Gasteiger partial charge in [0.1, 0.15) is 0 Å². The minimum absolute atomic E-state index is 0.142. The first-order chi connectivity index (χ1) is 13.1. The highest BCUT2D eigenvalue weighted by molar-refractivity contribution is 14.1. The predicted molar refractivity (Wildman–Crippen MR) is 121 cm³/mol. The van der Waals surface area contributed by atoms with Crippen molar-refractivity contribution in [3.8, 4) is 11.3 Å². The lowest BCUT2D eigenvalue weighted by molar-refractivity contribution is 0.0956. The Morgan fingerprint density at radius 3 is 2.89 bits per heavy atom. The largest absolute Gasteiger partial charge is 0.360 e. The van der Waals surface area contributed by atoms with Crippen LogP contribution in [0.25, 0.3) is 33.1 Å². The fourth-order valence-electron chi connectivity index (χ4n) is 3.13. The molecule has 0 radical (unpaired) electrons. The van der Waals surface area contributed by atoms with Crippen LogP contribution in [0.2, 0.25) is 0 Å². The number of nitrogens with zero attached hydrogens (tertiary/aromatic N) is 1. The van der Waals surface area contributed by atoms with Crippen LogP contribution in [0, 0.1) is 3.57 Å². The molecule has 1 amide bonds. The monoisotopic (exact) mass is 534 g/mol. The molecule has 4 N–H and O–H groups in total. The van der Waals surface area contributed by atoms with E-state index in [-0.39, 0.29) is 5.91 Å². The Hall–Kier alpha value is -1.97. The van der Waals surface area contributed by atoms with Gasteiger partial charge in [-0.05, 0) is 52.9 Å². The maximum atomic E-state index is 12.8. The molecule has 4 aromatic rings. The molecule has 0 aliphatic rings. The van der Waals surface area contributed by atoms with E-state index in [9.17, 15) is 4.79 Å². The Kier molecular flexibility index (Phi) is 5.16. The minimum atomic E-state index is -0.142. The molecule has 0 spiro atoms. The first-order valence-corrected chi connectivity index (χ1v) is 10.3. The van der Waals surface area contributed by atoms with Crippen molar-refractivity contribution in [3.05, 3.63) is 62.3 Å². The number of halogens is 2. The molecule has 2 aromatic heterocycles. The van der Waals surface area contributed by atoms with Crippen molar-refractivity contribution >= 4 is 66.2 Å². The van der Waals surface area contributed by atoms with Gasteiger partial charge in [0.05, 0.1) is 16.8 Å². The number of nitrogens with two attached hydrogens (primary N) is 1. The highest BCUT2D eigenvalue weighted by Gasteiger charge is 2.17. The zero-order valence-electron chi connectivity index (χ0n) is 14.2. The molecule has 0 aliphatic heterocycles. The highest BCUT2D eigenvalue weighted by Crippen LogP contribution is 2.33. The third kappa shape index (κ3) is 3.46. The number of carbonyl (C=O) groups excluding carboxylic acids is 1. The summed E-state index contributed by atoms with van der Waals surface area (Å²) in [6, 6.07) is 13.8. The number of H-pyrrole nitrogens is 1. The van der Waals surface area contributed by atoms with Crippen molar-refractivity contribution in [2.75, 3.05) is 13.1 Å². The number of para-hydroxylation sites is 1. The van der Waals surface area contributed by atoms with Gasteiger partial charge in [-0.2, -0.15) is 0 Å². The number of amides is 1. The first-order valence-electron chi connectivity index (χ1n) is 8.43. The lowest BCUT2D eigenvalue weighted by Crippen LogP contribution is -2.29. The summed E-state index contributed by atoms with van der Waals surface area (Å²) >= 11 is 5.79. The number of hydrogen-bond donors (Lipinski definition) is 3. The number of benzene rings is 2. The maximum Gasteiger partial charge on any atom is 0.252 e. The molecule has 0 fully saturated rings. The van der Waals surface area contributed by atoms with E-state index in [4.69, 9.17) is 10.7 Å². The third-order valence-corrected chi connectivity index (χ3v) is 5.75. The Balaban J connectivity index is 1.96. The van der Waals surface area contributed by atoms with Gasteiger partial charge < -0.3 is 16.0 Å². The number of rotatable bonds is 4. The topological polar surface area (TPSA) is 83.8 Å². The molecule has 0 aliphatic carbocycles. The number of fused-ring (bicyclic) bond motifs is 2. The Morgan fingerprint density at radius 1 is 1.22 bits per heavy atom. The third-order valence-electron chi connectivity index (χ3n) is 4.38. The quantitative estimate of drug-likeness (QED) is 0.338. The normalized spacial score (nSPS) is 11.2. The molecular formula is C20H16BrIN4O. The second-order valence-corrected chi connectivity index (χ2v) is 8.21. The van der Waals surface area contributed by atoms with Gasteiger partial charge in [0.15, 0.2) is 0 Å². The second kappa shape index (κ2) is 7.57. The lowest BCUT2D eigenvalue weighted by atomic mass is 10.0. The Labute approximate surface area is 178 Å². The number of nitrogens with one attached hydrogen (secondary N) is 2. The van der Waals surface area contributed by atoms with Crippen molar-refractivity contribution in [2.24, 2.45) is 5.73 Å². The average molecular weight is 535 g/mol. The smallest absolute Gasteiger partial charge is 0.252 e. The first kappa shape index (κ1) is 18.4. The molecule has 5 nitrogen and oxygen atoms in total. The zero-order chi connectivity index (χ0) is 19.0. The van der Waals surface area contributed by atoms with E-state index in [1.807, 2.05) is 42.6 Å². The van der Waals surface area contributed by atoms with Crippen LogP contribution in [-0.2, 0) is 0 Å². The van der Waals surface area contributed by atoms with Gasteiger partial charge in [0.2, 0.25) is 0 Å². The van der Waals surface area contributed by atoms with Crippen LogP contribution in [0.1, 0.15) is 10.4 Å². The van der Waals surface area contributed by atoms with Crippen LogP contribution in [0.4, 0.5) is 0 Å². The lowest BCUT2D eigenvalue weighted by Gasteiger charge is -2.11. The van der Waals surface area contributed by atoms with E-state index in [1.54, 1.807) is 0 Å². The number of carbonyl (C=O) groups is 1. The summed E-state index contributed by atoms with van der Waals surface area (Å²) in [7, 11) is 0. The van der Waals surface area contributed by atoms with Gasteiger partial charge in [-0.1, -0.05) is 28.1 Å². The summed E-state index contributed by atoms with van der Waals surface area (Å²) in [4.78, 5) is 20.9. The number of hydrogen-bond acceptors (Lipinski definition) is 3. The number of aromatic nitrogens is 2. The van der Waals surface area contributed by atoms with Gasteiger partial charge in [-0.15, -0.1) is 0 Å². The summed E-state index contributed by atoms with van der Waals surface area (Å²) in [5.74, 6) is -0.142. The van der Waals surface area contributed by atoms with Crippen LogP contribution in [0.5, 0.6) is 0 Å². The molecule has 0 bridgehead atoms. The highest BCUT2D eigenvalue weighted by atomic mass is 127. The summed E-state index contributed by atoms with van der Waals surface area (Å²) in [5, 5.41) is 4.76. The molecule has 7 heteroatoms. The van der Waals surface area contributed by atoms with Crippen LogP contribution in [0.15, 0.2) is 53.1 Å². The average Bonchev–Trinajstić information content (AvgIpc) is 3.08. The van der Waals surface area contributed by atoms with Crippen molar-refractivity contribution in [1.82, 2.24) is 15.3 Å². The van der Waals surface area contributed by atoms with E-state index in [0.29, 0.717) is 18.7 Å². The second-order valence-electron chi connectivity index (χ2n) is 6.13. The van der Waals surface area contributed by atoms with Crippen molar-refractivity contribution < 1.29 is 4.79 Å². The molecule has 4 rings (SSSR count). The van der Waals surface area contributed by atoms with E-state index >= 15 is 0 Å². The van der Waals surface area contributed by atoms with Crippen LogP contribution < -0.4 is 11.1 Å². The summed E-state index contributed by atoms with van der Waals surface area (Å²) < 4.78 is 1.99. The summed E-state index contributed by atoms with van der Waals surface area (Å²) in [6.07, 6.45) is 1.93. The molecule has 27 heavy (non-hydrogen) atoms.